The fourth-order valence-electron chi connectivity index (χ4n) is 2.71. The summed E-state index contributed by atoms with van der Waals surface area (Å²) in [6, 6.07) is 2.20. The van der Waals surface area contributed by atoms with E-state index in [-0.39, 0.29) is 0 Å². The fraction of sp³-hybridized carbons (Fsp3) is 0.533. The molecule has 0 bridgehead atoms. The van der Waals surface area contributed by atoms with E-state index in [9.17, 15) is 0 Å². The molecule has 0 saturated heterocycles. The van der Waals surface area contributed by atoms with Gasteiger partial charge in [-0.2, -0.15) is 5.26 Å². The molecule has 3 heteroatoms. The fourth-order valence-corrected chi connectivity index (χ4v) is 2.71. The second kappa shape index (κ2) is 5.30. The summed E-state index contributed by atoms with van der Waals surface area (Å²) in [6.07, 6.45) is 8.52. The molecular weight excluding hydrogens is 222 g/mol. The molecule has 1 aliphatic rings. The van der Waals surface area contributed by atoms with Gasteiger partial charge in [0, 0.05) is 12.2 Å². The van der Waals surface area contributed by atoms with E-state index in [4.69, 9.17) is 11.0 Å². The van der Waals surface area contributed by atoms with E-state index in [2.05, 4.69) is 16.7 Å². The Morgan fingerprint density at radius 3 is 2.72 bits per heavy atom. The number of nitrogens with two attached hydrogens (primary N) is 1. The van der Waals surface area contributed by atoms with Crippen LogP contribution in [0.3, 0.4) is 0 Å². The molecular formula is C15H21N3. The quantitative estimate of drug-likeness (QED) is 0.827. The summed E-state index contributed by atoms with van der Waals surface area (Å²) in [6.45, 7) is 4.91. The highest BCUT2D eigenvalue weighted by Crippen LogP contribution is 2.26. The second-order valence-electron chi connectivity index (χ2n) is 5.09. The van der Waals surface area contributed by atoms with Gasteiger partial charge in [0.05, 0.1) is 5.56 Å². The van der Waals surface area contributed by atoms with E-state index >= 15 is 0 Å². The molecule has 2 N–H and O–H groups in total. The van der Waals surface area contributed by atoms with Crippen LogP contribution < -0.4 is 5.73 Å². The Morgan fingerprint density at radius 1 is 1.39 bits per heavy atom. The van der Waals surface area contributed by atoms with Crippen molar-refractivity contribution in [2.24, 2.45) is 0 Å². The van der Waals surface area contributed by atoms with E-state index in [0.717, 1.165) is 24.2 Å². The number of hydrogen-bond donors (Lipinski definition) is 1. The Kier molecular flexibility index (Phi) is 3.76. The molecule has 0 amide bonds. The normalized spacial score (nSPS) is 15.3. The Hall–Kier alpha value is -1.69. The maximum absolute atomic E-state index is 9.10. The number of hydrogen-bond acceptors (Lipinski definition) is 2. The van der Waals surface area contributed by atoms with Crippen molar-refractivity contribution in [2.75, 3.05) is 5.73 Å². The van der Waals surface area contributed by atoms with Crippen LogP contribution in [0.2, 0.25) is 0 Å². The van der Waals surface area contributed by atoms with Gasteiger partial charge in [-0.3, -0.25) is 0 Å². The summed E-state index contributed by atoms with van der Waals surface area (Å²) >= 11 is 0. The third kappa shape index (κ3) is 2.28. The number of anilines is 1. The minimum Gasteiger partial charge on any atom is -0.384 e. The number of nitrogens with zero attached hydrogens (tertiary/aromatic N) is 2. The van der Waals surface area contributed by atoms with Crippen LogP contribution in [-0.4, -0.2) is 4.57 Å². The second-order valence-corrected chi connectivity index (χ2v) is 5.09. The standard InChI is InChI=1S/C15H21N3/c1-11-12(2)18(15(17)14(11)10-16)9-8-13-6-4-3-5-7-13/h6H,3-5,7-9,17H2,1-2H3. The molecule has 0 saturated carbocycles. The monoisotopic (exact) mass is 243 g/mol. The van der Waals surface area contributed by atoms with E-state index < -0.39 is 0 Å². The van der Waals surface area contributed by atoms with Crippen LogP contribution in [0, 0.1) is 25.2 Å². The lowest BCUT2D eigenvalue weighted by atomic mass is 9.97. The molecule has 96 valence electrons. The predicted molar refractivity (Wildman–Crippen MR) is 74.2 cm³/mol. The Labute approximate surface area is 109 Å². The van der Waals surface area contributed by atoms with Crippen molar-refractivity contribution < 1.29 is 0 Å². The van der Waals surface area contributed by atoms with Crippen molar-refractivity contribution in [3.8, 4) is 6.07 Å². The van der Waals surface area contributed by atoms with Crippen molar-refractivity contribution in [1.82, 2.24) is 4.57 Å². The molecule has 2 rings (SSSR count). The number of aromatic nitrogens is 1. The average Bonchev–Trinajstić information content (AvgIpc) is 2.60. The Morgan fingerprint density at radius 2 is 2.17 bits per heavy atom. The van der Waals surface area contributed by atoms with Gasteiger partial charge in [-0.15, -0.1) is 0 Å². The lowest BCUT2D eigenvalue weighted by Crippen LogP contribution is -2.07. The summed E-state index contributed by atoms with van der Waals surface area (Å²) in [7, 11) is 0. The predicted octanol–water partition coefficient (Wildman–Crippen LogP) is 3.45. The molecule has 3 nitrogen and oxygen atoms in total. The minimum atomic E-state index is 0.629. The van der Waals surface area contributed by atoms with Crippen LogP contribution >= 0.6 is 0 Å². The van der Waals surface area contributed by atoms with Crippen molar-refractivity contribution in [3.63, 3.8) is 0 Å². The molecule has 0 atom stereocenters. The van der Waals surface area contributed by atoms with Crippen molar-refractivity contribution in [3.05, 3.63) is 28.5 Å². The highest BCUT2D eigenvalue weighted by molar-refractivity contribution is 5.57. The van der Waals surface area contributed by atoms with Gasteiger partial charge in [-0.25, -0.2) is 0 Å². The van der Waals surface area contributed by atoms with Crippen LogP contribution in [0.1, 0.15) is 48.9 Å². The van der Waals surface area contributed by atoms with Gasteiger partial charge in [0.15, 0.2) is 0 Å². The molecule has 0 aromatic carbocycles. The molecule has 1 heterocycles. The summed E-state index contributed by atoms with van der Waals surface area (Å²) < 4.78 is 2.09. The highest BCUT2D eigenvalue weighted by Gasteiger charge is 2.15. The number of allylic oxidation sites excluding steroid dienone is 2. The Balaban J connectivity index is 2.15. The zero-order valence-electron chi connectivity index (χ0n) is 11.3. The van der Waals surface area contributed by atoms with Crippen LogP contribution in [-0.2, 0) is 6.54 Å². The van der Waals surface area contributed by atoms with Crippen LogP contribution in [0.15, 0.2) is 11.6 Å². The minimum absolute atomic E-state index is 0.629. The zero-order valence-corrected chi connectivity index (χ0v) is 11.3. The zero-order chi connectivity index (χ0) is 13.1. The third-order valence-corrected chi connectivity index (χ3v) is 4.02. The third-order valence-electron chi connectivity index (χ3n) is 4.02. The van der Waals surface area contributed by atoms with Gasteiger partial charge in [0.25, 0.3) is 0 Å². The van der Waals surface area contributed by atoms with Gasteiger partial charge >= 0.3 is 0 Å². The van der Waals surface area contributed by atoms with Crippen LogP contribution in [0.4, 0.5) is 5.82 Å². The summed E-state index contributed by atoms with van der Waals surface area (Å²) in [5, 5.41) is 9.10. The molecule has 1 aliphatic carbocycles. The maximum atomic E-state index is 9.10. The highest BCUT2D eigenvalue weighted by atomic mass is 15.1. The lowest BCUT2D eigenvalue weighted by Gasteiger charge is -2.14. The summed E-state index contributed by atoms with van der Waals surface area (Å²) in [5.74, 6) is 0.629. The average molecular weight is 243 g/mol. The van der Waals surface area contributed by atoms with Gasteiger partial charge in [-0.05, 0) is 51.5 Å². The van der Waals surface area contributed by atoms with E-state index in [0.29, 0.717) is 11.4 Å². The molecule has 0 radical (unpaired) electrons. The number of nitrogen functional groups attached to an aromatic ring is 1. The summed E-state index contributed by atoms with van der Waals surface area (Å²) in [5.41, 5.74) is 10.4. The van der Waals surface area contributed by atoms with Gasteiger partial charge in [0.2, 0.25) is 0 Å². The molecule has 18 heavy (non-hydrogen) atoms. The van der Waals surface area contributed by atoms with Gasteiger partial charge < -0.3 is 10.3 Å². The molecule has 1 aromatic heterocycles. The first kappa shape index (κ1) is 12.8. The lowest BCUT2D eigenvalue weighted by molar-refractivity contribution is 0.623. The number of nitriles is 1. The molecule has 0 aliphatic heterocycles. The van der Waals surface area contributed by atoms with E-state index in [1.54, 1.807) is 5.57 Å². The van der Waals surface area contributed by atoms with Gasteiger partial charge in [-0.1, -0.05) is 11.6 Å². The molecule has 0 spiro atoms. The van der Waals surface area contributed by atoms with E-state index in [1.807, 2.05) is 13.8 Å². The summed E-state index contributed by atoms with van der Waals surface area (Å²) in [4.78, 5) is 0. The first-order valence-electron chi connectivity index (χ1n) is 6.68. The number of rotatable bonds is 3. The Bertz CT molecular complexity index is 515. The maximum Gasteiger partial charge on any atom is 0.122 e. The van der Waals surface area contributed by atoms with Gasteiger partial charge in [0.1, 0.15) is 11.9 Å². The topological polar surface area (TPSA) is 54.7 Å². The first-order valence-corrected chi connectivity index (χ1v) is 6.68. The van der Waals surface area contributed by atoms with Crippen molar-refractivity contribution in [2.45, 2.75) is 52.5 Å². The smallest absolute Gasteiger partial charge is 0.122 e. The largest absolute Gasteiger partial charge is 0.384 e. The van der Waals surface area contributed by atoms with Crippen LogP contribution in [0.25, 0.3) is 0 Å². The van der Waals surface area contributed by atoms with Crippen LogP contribution in [0.5, 0.6) is 0 Å². The van der Waals surface area contributed by atoms with Crippen molar-refractivity contribution >= 4 is 5.82 Å². The van der Waals surface area contributed by atoms with E-state index in [1.165, 1.54) is 25.7 Å². The molecule has 0 fully saturated rings. The SMILES string of the molecule is Cc1c(C#N)c(N)n(CCC2=CCCCC2)c1C. The first-order chi connectivity index (χ1) is 8.65. The molecule has 0 unspecified atom stereocenters. The molecule has 1 aromatic rings. The van der Waals surface area contributed by atoms with Crippen molar-refractivity contribution in [1.29, 1.82) is 5.26 Å².